The number of aromatic nitrogens is 3. The third-order valence-corrected chi connectivity index (χ3v) is 11.8. The van der Waals surface area contributed by atoms with Crippen molar-refractivity contribution in [2.75, 3.05) is 20.2 Å². The number of carbonyl (C=O) groups is 2. The maximum absolute atomic E-state index is 13.3. The third-order valence-electron chi connectivity index (χ3n) is 11.1. The summed E-state index contributed by atoms with van der Waals surface area (Å²) >= 11 is 14.1. The summed E-state index contributed by atoms with van der Waals surface area (Å²) in [6.45, 7) is 2.18. The second-order valence-corrected chi connectivity index (χ2v) is 15.5. The maximum atomic E-state index is 13.3. The van der Waals surface area contributed by atoms with Crippen molar-refractivity contribution in [1.82, 2.24) is 35.6 Å². The van der Waals surface area contributed by atoms with Crippen LogP contribution in [-0.2, 0) is 35.5 Å². The molecule has 5 aromatic rings. The van der Waals surface area contributed by atoms with Crippen LogP contribution in [0.5, 0.6) is 5.88 Å². The van der Waals surface area contributed by atoms with E-state index < -0.39 is 0 Å². The monoisotopic (exact) mass is 779 g/mol. The van der Waals surface area contributed by atoms with E-state index in [1.807, 2.05) is 30.3 Å². The van der Waals surface area contributed by atoms with Crippen molar-refractivity contribution in [2.45, 2.75) is 76.0 Å². The predicted molar refractivity (Wildman–Crippen MR) is 214 cm³/mol. The number of hydrogen-bond acceptors (Lipinski definition) is 8. The van der Waals surface area contributed by atoms with Crippen LogP contribution in [0.1, 0.15) is 66.0 Å². The van der Waals surface area contributed by atoms with Crippen LogP contribution in [0, 0.1) is 0 Å². The first-order valence-corrected chi connectivity index (χ1v) is 19.6. The molecule has 0 spiro atoms. The Bertz CT molecular complexity index is 2350. The molecule has 3 atom stereocenters. The van der Waals surface area contributed by atoms with Crippen LogP contribution in [0.4, 0.5) is 0 Å². The number of rotatable bonds is 13. The lowest BCUT2D eigenvalue weighted by Gasteiger charge is -2.17. The molecule has 2 amide bonds. The van der Waals surface area contributed by atoms with E-state index in [2.05, 4.69) is 50.5 Å². The van der Waals surface area contributed by atoms with E-state index >= 15 is 0 Å². The highest BCUT2D eigenvalue weighted by molar-refractivity contribution is 6.36. The van der Waals surface area contributed by atoms with Gasteiger partial charge in [-0.3, -0.25) is 18.8 Å². The smallest absolute Gasteiger partial charge is 0.262 e. The molecule has 2 saturated heterocycles. The average molecular weight is 781 g/mol. The van der Waals surface area contributed by atoms with Gasteiger partial charge in [-0.25, -0.2) is 9.97 Å². The van der Waals surface area contributed by atoms with Crippen molar-refractivity contribution in [1.29, 1.82) is 0 Å². The quantitative estimate of drug-likeness (QED) is 0.119. The van der Waals surface area contributed by atoms with Gasteiger partial charge < -0.3 is 26.0 Å². The number of carbonyl (C=O) groups excluding carboxylic acids is 2. The molecule has 8 rings (SSSR count). The highest BCUT2D eigenvalue weighted by Gasteiger charge is 2.28. The summed E-state index contributed by atoms with van der Waals surface area (Å²) in [4.78, 5) is 45.9. The fraction of sp³-hybridized carbons (Fsp3) is 0.357. The van der Waals surface area contributed by atoms with Crippen molar-refractivity contribution in [2.24, 2.45) is 0 Å². The summed E-state index contributed by atoms with van der Waals surface area (Å²) in [7, 11) is 1.63. The van der Waals surface area contributed by atoms with Crippen molar-refractivity contribution in [3.05, 3.63) is 115 Å². The molecule has 55 heavy (non-hydrogen) atoms. The normalized spacial score (nSPS) is 19.1. The van der Waals surface area contributed by atoms with Crippen LogP contribution >= 0.6 is 23.2 Å². The van der Waals surface area contributed by atoms with Crippen molar-refractivity contribution in [3.8, 4) is 28.1 Å². The number of hydrogen-bond donors (Lipinski definition) is 4. The predicted octanol–water partition coefficient (Wildman–Crippen LogP) is 5.75. The Kier molecular flexibility index (Phi) is 10.9. The number of nitrogens with zero attached hydrogens (tertiary/aromatic N) is 3. The Morgan fingerprint density at radius 2 is 1.53 bits per heavy atom. The van der Waals surface area contributed by atoms with Crippen LogP contribution in [0.15, 0.2) is 71.8 Å². The molecule has 2 aromatic carbocycles. The van der Waals surface area contributed by atoms with E-state index in [0.717, 1.165) is 59.2 Å². The zero-order chi connectivity index (χ0) is 38.1. The van der Waals surface area contributed by atoms with Gasteiger partial charge in [-0.05, 0) is 78.5 Å². The minimum atomic E-state index is -0.136. The van der Waals surface area contributed by atoms with E-state index in [1.165, 1.54) is 11.1 Å². The van der Waals surface area contributed by atoms with E-state index in [4.69, 9.17) is 32.9 Å². The highest BCUT2D eigenvalue weighted by atomic mass is 35.5. The van der Waals surface area contributed by atoms with E-state index in [9.17, 15) is 14.4 Å². The summed E-state index contributed by atoms with van der Waals surface area (Å²) in [5.74, 6) is 0.953. The van der Waals surface area contributed by atoms with Crippen molar-refractivity contribution in [3.63, 3.8) is 0 Å². The van der Waals surface area contributed by atoms with Gasteiger partial charge in [0.15, 0.2) is 0 Å². The number of methoxy groups -OCH3 is 1. The molecule has 2 fully saturated rings. The first-order chi connectivity index (χ1) is 26.7. The van der Waals surface area contributed by atoms with Crippen LogP contribution in [0.2, 0.25) is 10.0 Å². The van der Waals surface area contributed by atoms with Crippen LogP contribution < -0.4 is 31.6 Å². The molecule has 3 aromatic heterocycles. The molecule has 0 bridgehead atoms. The Balaban J connectivity index is 0.985. The van der Waals surface area contributed by atoms with Gasteiger partial charge in [-0.2, -0.15) is 0 Å². The van der Waals surface area contributed by atoms with Crippen LogP contribution in [0.25, 0.3) is 27.9 Å². The number of pyridine rings is 2. The summed E-state index contributed by atoms with van der Waals surface area (Å²) in [6.07, 6.45) is 8.66. The van der Waals surface area contributed by atoms with E-state index in [0.29, 0.717) is 72.6 Å². The largest absolute Gasteiger partial charge is 0.481 e. The zero-order valence-corrected chi connectivity index (χ0v) is 32.1. The van der Waals surface area contributed by atoms with Gasteiger partial charge in [0.2, 0.25) is 17.7 Å². The topological polar surface area (TPSA) is 139 Å². The Labute approximate surface area is 329 Å². The van der Waals surface area contributed by atoms with Crippen molar-refractivity contribution >= 4 is 40.7 Å². The number of nitrogens with one attached hydrogen (secondary N) is 4. The summed E-state index contributed by atoms with van der Waals surface area (Å²) in [5, 5.41) is 13.9. The summed E-state index contributed by atoms with van der Waals surface area (Å²) < 4.78 is 7.25. The lowest BCUT2D eigenvalue weighted by Crippen LogP contribution is -2.36. The molecule has 284 valence electrons. The lowest BCUT2D eigenvalue weighted by molar-refractivity contribution is -0.120. The Morgan fingerprint density at radius 3 is 2.24 bits per heavy atom. The van der Waals surface area contributed by atoms with Gasteiger partial charge in [-0.15, -0.1) is 0 Å². The molecule has 4 N–H and O–H groups in total. The molecule has 0 saturated carbocycles. The first kappa shape index (κ1) is 37.1. The van der Waals surface area contributed by atoms with Gasteiger partial charge in [0.25, 0.3) is 5.56 Å². The lowest BCUT2D eigenvalue weighted by atomic mass is 9.91. The molecular weight excluding hydrogens is 737 g/mol. The zero-order valence-electron chi connectivity index (χ0n) is 30.6. The molecule has 2 aliphatic heterocycles. The third kappa shape index (κ3) is 7.84. The van der Waals surface area contributed by atoms with Gasteiger partial charge >= 0.3 is 0 Å². The first-order valence-electron chi connectivity index (χ1n) is 18.9. The van der Waals surface area contributed by atoms with Crippen molar-refractivity contribution < 1.29 is 14.3 Å². The molecule has 0 unspecified atom stereocenters. The highest BCUT2D eigenvalue weighted by Crippen LogP contribution is 2.44. The minimum absolute atomic E-state index is 0.0691. The molecule has 11 nitrogen and oxygen atoms in total. The standard InChI is InChI=1S/C42H43Cl2N7O4/c1-55-41-26(19-45-22-28-9-12-38(52)48-28)16-35(43)36(50-41)17-24-8-11-33-30(24)4-2-6-32(33)34-7-3-5-31(40(34)44)25-14-15-51-37(18-25)47-21-27(42(51)54)20-46-23-29-10-13-39(53)49-29/h2-7,14-16,18,21,24,28-29,45-46H,8-13,17,19-20,22-23H2,1H3,(H,48,52)(H,49,53)/t24-,28+,29+/m0/s1. The van der Waals surface area contributed by atoms with E-state index in [-0.39, 0.29) is 35.4 Å². The number of benzene rings is 2. The fourth-order valence-corrected chi connectivity index (χ4v) is 8.81. The Hall–Kier alpha value is -4.81. The number of fused-ring (bicyclic) bond motifs is 2. The van der Waals surface area contributed by atoms with E-state index in [1.54, 1.807) is 23.9 Å². The molecular formula is C42H43Cl2N7O4. The van der Waals surface area contributed by atoms with Crippen LogP contribution in [-0.4, -0.2) is 58.5 Å². The minimum Gasteiger partial charge on any atom is -0.481 e. The molecule has 3 aliphatic rings. The second-order valence-electron chi connectivity index (χ2n) is 14.7. The van der Waals surface area contributed by atoms with Gasteiger partial charge in [0.05, 0.1) is 22.8 Å². The average Bonchev–Trinajstić information content (AvgIpc) is 3.93. The van der Waals surface area contributed by atoms with Gasteiger partial charge in [0, 0.05) is 85.8 Å². The Morgan fingerprint density at radius 1 is 0.836 bits per heavy atom. The molecule has 13 heteroatoms. The SMILES string of the molecule is COc1nc(C[C@@H]2CCc3c(-c4cccc(-c5ccn6c(=O)c(CNC[C@H]7CCC(=O)N7)cnc6c5)c4Cl)cccc32)c(Cl)cc1CNC[C@H]1CCC(=O)N1. The van der Waals surface area contributed by atoms with Gasteiger partial charge in [-0.1, -0.05) is 59.6 Å². The summed E-state index contributed by atoms with van der Waals surface area (Å²) in [5.41, 5.74) is 8.97. The number of amides is 2. The molecule has 0 radical (unpaired) electrons. The summed E-state index contributed by atoms with van der Waals surface area (Å²) in [6, 6.07) is 18.5. The molecule has 1 aliphatic carbocycles. The number of ether oxygens (including phenoxy) is 1. The number of halogens is 2. The second kappa shape index (κ2) is 16.1. The maximum Gasteiger partial charge on any atom is 0.262 e. The van der Waals surface area contributed by atoms with Crippen LogP contribution in [0.3, 0.4) is 0 Å². The van der Waals surface area contributed by atoms with Gasteiger partial charge in [0.1, 0.15) is 5.65 Å². The molecule has 5 heterocycles. The fourth-order valence-electron chi connectivity index (χ4n) is 8.22.